The molecular formula is C19H14F3N3O. The number of aryl methyl sites for hydroxylation is 1. The number of benzene rings is 2. The first-order chi connectivity index (χ1) is 12.3. The molecule has 0 saturated heterocycles. The zero-order valence-corrected chi connectivity index (χ0v) is 13.8. The normalized spacial score (nSPS) is 12.2. The standard InChI is InChI=1S/C19H14F3N3O/c1-12-9-17-24(11-13-5-4-6-14(10-13)19(20,21)22)18(26)15-7-2-3-8-16(15)25(17)23-12/h2-10H,11H2,1H3. The lowest BCUT2D eigenvalue weighted by molar-refractivity contribution is -0.137. The van der Waals surface area contributed by atoms with E-state index in [0.717, 1.165) is 17.8 Å². The summed E-state index contributed by atoms with van der Waals surface area (Å²) in [6.07, 6.45) is -4.42. The fraction of sp³-hybridized carbons (Fsp3) is 0.158. The molecule has 0 N–H and O–H groups in total. The van der Waals surface area contributed by atoms with E-state index in [0.29, 0.717) is 22.1 Å². The molecule has 0 unspecified atom stereocenters. The van der Waals surface area contributed by atoms with E-state index < -0.39 is 11.7 Å². The highest BCUT2D eigenvalue weighted by Gasteiger charge is 2.30. The number of hydrogen-bond donors (Lipinski definition) is 0. The van der Waals surface area contributed by atoms with E-state index in [1.165, 1.54) is 10.6 Å². The number of alkyl halides is 3. The smallest absolute Gasteiger partial charge is 0.288 e. The van der Waals surface area contributed by atoms with E-state index in [-0.39, 0.29) is 12.1 Å². The van der Waals surface area contributed by atoms with Gasteiger partial charge in [0, 0.05) is 6.07 Å². The Balaban J connectivity index is 1.94. The minimum atomic E-state index is -4.42. The van der Waals surface area contributed by atoms with Gasteiger partial charge in [0.15, 0.2) is 0 Å². The molecule has 4 aromatic rings. The third-order valence-electron chi connectivity index (χ3n) is 4.29. The van der Waals surface area contributed by atoms with Crippen LogP contribution in [0.4, 0.5) is 13.2 Å². The van der Waals surface area contributed by atoms with E-state index in [9.17, 15) is 18.0 Å². The molecule has 0 amide bonds. The summed E-state index contributed by atoms with van der Waals surface area (Å²) >= 11 is 0. The van der Waals surface area contributed by atoms with Gasteiger partial charge >= 0.3 is 6.18 Å². The Morgan fingerprint density at radius 3 is 2.58 bits per heavy atom. The van der Waals surface area contributed by atoms with Gasteiger partial charge in [-0.05, 0) is 36.8 Å². The number of rotatable bonds is 2. The summed E-state index contributed by atoms with van der Waals surface area (Å²) in [6, 6.07) is 13.8. The fourth-order valence-corrected chi connectivity index (χ4v) is 3.13. The molecule has 0 bridgehead atoms. The van der Waals surface area contributed by atoms with Crippen molar-refractivity contribution in [1.82, 2.24) is 14.2 Å². The zero-order chi connectivity index (χ0) is 18.5. The van der Waals surface area contributed by atoms with Gasteiger partial charge < -0.3 is 0 Å². The van der Waals surface area contributed by atoms with Crippen molar-refractivity contribution < 1.29 is 13.2 Å². The van der Waals surface area contributed by atoms with Crippen molar-refractivity contribution >= 4 is 16.6 Å². The summed E-state index contributed by atoms with van der Waals surface area (Å²) in [5.41, 5.74) is 1.34. The van der Waals surface area contributed by atoms with Crippen molar-refractivity contribution in [2.24, 2.45) is 0 Å². The predicted octanol–water partition coefficient (Wildman–Crippen LogP) is 4.02. The van der Waals surface area contributed by atoms with Crippen LogP contribution in [0, 0.1) is 6.92 Å². The Labute approximate surface area is 146 Å². The second-order valence-electron chi connectivity index (χ2n) is 6.16. The van der Waals surface area contributed by atoms with Crippen LogP contribution < -0.4 is 5.56 Å². The molecule has 2 aromatic heterocycles. The lowest BCUT2D eigenvalue weighted by atomic mass is 10.1. The van der Waals surface area contributed by atoms with Gasteiger partial charge in [0.2, 0.25) is 0 Å². The molecule has 0 aliphatic heterocycles. The zero-order valence-electron chi connectivity index (χ0n) is 13.8. The van der Waals surface area contributed by atoms with Crippen LogP contribution in [0.5, 0.6) is 0 Å². The largest absolute Gasteiger partial charge is 0.416 e. The summed E-state index contributed by atoms with van der Waals surface area (Å²) in [6.45, 7) is 1.84. The van der Waals surface area contributed by atoms with Crippen molar-refractivity contribution in [2.45, 2.75) is 19.6 Å². The molecule has 0 aliphatic rings. The van der Waals surface area contributed by atoms with Crippen molar-refractivity contribution in [3.05, 3.63) is 81.8 Å². The highest BCUT2D eigenvalue weighted by molar-refractivity contribution is 5.80. The van der Waals surface area contributed by atoms with Crippen molar-refractivity contribution in [2.75, 3.05) is 0 Å². The van der Waals surface area contributed by atoms with E-state index >= 15 is 0 Å². The van der Waals surface area contributed by atoms with Gasteiger partial charge in [0.1, 0.15) is 5.65 Å². The molecule has 0 fully saturated rings. The number of halogens is 3. The fourth-order valence-electron chi connectivity index (χ4n) is 3.13. The van der Waals surface area contributed by atoms with Gasteiger partial charge in [-0.3, -0.25) is 9.36 Å². The van der Waals surface area contributed by atoms with Crippen molar-refractivity contribution in [3.8, 4) is 0 Å². The average molecular weight is 357 g/mol. The summed E-state index contributed by atoms with van der Waals surface area (Å²) in [5.74, 6) is 0. The number of para-hydroxylation sites is 1. The Bertz CT molecular complexity index is 1190. The van der Waals surface area contributed by atoms with Crippen LogP contribution in [-0.4, -0.2) is 14.2 Å². The average Bonchev–Trinajstić information content (AvgIpc) is 3.00. The molecule has 2 aromatic carbocycles. The lowest BCUT2D eigenvalue weighted by Gasteiger charge is -2.13. The topological polar surface area (TPSA) is 39.3 Å². The molecule has 7 heteroatoms. The summed E-state index contributed by atoms with van der Waals surface area (Å²) in [5, 5.41) is 4.89. The Morgan fingerprint density at radius 1 is 1.04 bits per heavy atom. The highest BCUT2D eigenvalue weighted by atomic mass is 19.4. The SMILES string of the molecule is Cc1cc2n(Cc3cccc(C(F)(F)F)c3)c(=O)c3ccccc3n2n1. The molecule has 0 atom stereocenters. The molecule has 26 heavy (non-hydrogen) atoms. The minimum absolute atomic E-state index is 0.0300. The quantitative estimate of drug-likeness (QED) is 0.543. The van der Waals surface area contributed by atoms with Gasteiger partial charge in [0.25, 0.3) is 5.56 Å². The third-order valence-corrected chi connectivity index (χ3v) is 4.29. The number of hydrogen-bond acceptors (Lipinski definition) is 2. The first-order valence-electron chi connectivity index (χ1n) is 7.98. The molecule has 0 radical (unpaired) electrons. The van der Waals surface area contributed by atoms with Crippen LogP contribution in [0.3, 0.4) is 0 Å². The minimum Gasteiger partial charge on any atom is -0.288 e. The third kappa shape index (κ3) is 2.65. The predicted molar refractivity (Wildman–Crippen MR) is 92.2 cm³/mol. The second kappa shape index (κ2) is 5.72. The second-order valence-corrected chi connectivity index (χ2v) is 6.16. The van der Waals surface area contributed by atoms with Gasteiger partial charge in [-0.15, -0.1) is 0 Å². The maximum absolute atomic E-state index is 13.0. The Kier molecular flexibility index (Phi) is 3.61. The summed E-state index contributed by atoms with van der Waals surface area (Å²) in [7, 11) is 0. The Hall–Kier alpha value is -3.09. The first kappa shape index (κ1) is 16.4. The maximum atomic E-state index is 13.0. The molecule has 132 valence electrons. The molecule has 4 nitrogen and oxygen atoms in total. The van der Waals surface area contributed by atoms with Crippen LogP contribution in [0.1, 0.15) is 16.8 Å². The molecule has 4 rings (SSSR count). The summed E-state index contributed by atoms with van der Waals surface area (Å²) in [4.78, 5) is 12.9. The van der Waals surface area contributed by atoms with E-state index in [2.05, 4.69) is 5.10 Å². The first-order valence-corrected chi connectivity index (χ1v) is 7.98. The molecular weight excluding hydrogens is 343 g/mol. The van der Waals surface area contributed by atoms with Gasteiger partial charge in [-0.2, -0.15) is 18.3 Å². The van der Waals surface area contributed by atoms with Gasteiger partial charge in [-0.1, -0.05) is 24.3 Å². The van der Waals surface area contributed by atoms with E-state index in [1.54, 1.807) is 41.8 Å². The van der Waals surface area contributed by atoms with Crippen LogP contribution in [0.2, 0.25) is 0 Å². The van der Waals surface area contributed by atoms with Crippen LogP contribution in [-0.2, 0) is 12.7 Å². The maximum Gasteiger partial charge on any atom is 0.416 e. The highest BCUT2D eigenvalue weighted by Crippen LogP contribution is 2.29. The number of fused-ring (bicyclic) bond motifs is 3. The van der Waals surface area contributed by atoms with Crippen LogP contribution in [0.25, 0.3) is 16.6 Å². The van der Waals surface area contributed by atoms with E-state index in [4.69, 9.17) is 0 Å². The van der Waals surface area contributed by atoms with Crippen LogP contribution in [0.15, 0.2) is 59.4 Å². The van der Waals surface area contributed by atoms with Crippen molar-refractivity contribution in [3.63, 3.8) is 0 Å². The molecule has 0 aliphatic carbocycles. The van der Waals surface area contributed by atoms with Crippen molar-refractivity contribution in [1.29, 1.82) is 0 Å². The Morgan fingerprint density at radius 2 is 1.81 bits per heavy atom. The molecule has 2 heterocycles. The molecule has 0 saturated carbocycles. The van der Waals surface area contributed by atoms with Crippen LogP contribution >= 0.6 is 0 Å². The van der Waals surface area contributed by atoms with E-state index in [1.807, 2.05) is 6.07 Å². The lowest BCUT2D eigenvalue weighted by Crippen LogP contribution is -2.23. The monoisotopic (exact) mass is 357 g/mol. The van der Waals surface area contributed by atoms with Gasteiger partial charge in [0.05, 0.1) is 28.7 Å². The number of nitrogens with zero attached hydrogens (tertiary/aromatic N) is 3. The molecule has 0 spiro atoms. The van der Waals surface area contributed by atoms with Gasteiger partial charge in [-0.25, -0.2) is 4.52 Å². The summed E-state index contributed by atoms with van der Waals surface area (Å²) < 4.78 is 42.0. The number of aromatic nitrogens is 3.